The maximum Gasteiger partial charge on any atom is 0.339 e. The fraction of sp³-hybridized carbons (Fsp3) is 0.556. The quantitative estimate of drug-likeness (QED) is 0.687. The summed E-state index contributed by atoms with van der Waals surface area (Å²) in [7, 11) is 1.50. The van der Waals surface area contributed by atoms with E-state index in [9.17, 15) is 9.59 Å². The van der Waals surface area contributed by atoms with Gasteiger partial charge in [-0.25, -0.2) is 4.79 Å². The number of rotatable bonds is 7. The summed E-state index contributed by atoms with van der Waals surface area (Å²) in [5, 5.41) is 2.77. The highest BCUT2D eigenvalue weighted by atomic mass is 79.9. The molecule has 0 fully saturated rings. The third kappa shape index (κ3) is 6.57. The van der Waals surface area contributed by atoms with Crippen LogP contribution >= 0.6 is 15.9 Å². The predicted octanol–water partition coefficient (Wildman–Crippen LogP) is 3.71. The van der Waals surface area contributed by atoms with Crippen molar-refractivity contribution in [3.05, 3.63) is 22.2 Å². The Hall–Kier alpha value is -1.76. The van der Waals surface area contributed by atoms with Crippen molar-refractivity contribution in [2.45, 2.75) is 52.7 Å². The van der Waals surface area contributed by atoms with Gasteiger partial charge in [0.25, 0.3) is 5.91 Å². The molecule has 0 saturated carbocycles. The number of carbonyl (C=O) groups excluding carboxylic acids is 2. The summed E-state index contributed by atoms with van der Waals surface area (Å²) >= 11 is 3.38. The highest BCUT2D eigenvalue weighted by molar-refractivity contribution is 9.10. The van der Waals surface area contributed by atoms with Gasteiger partial charge in [0, 0.05) is 5.54 Å². The van der Waals surface area contributed by atoms with Crippen LogP contribution in [-0.4, -0.2) is 37.2 Å². The van der Waals surface area contributed by atoms with Crippen LogP contribution in [0.4, 0.5) is 0 Å². The number of benzene rings is 1. The molecule has 25 heavy (non-hydrogen) atoms. The summed E-state index contributed by atoms with van der Waals surface area (Å²) in [5.41, 5.74) is -0.134. The lowest BCUT2D eigenvalue weighted by molar-refractivity contribution is -0.130. The molecule has 0 aliphatic heterocycles. The van der Waals surface area contributed by atoms with Gasteiger partial charge in [0.15, 0.2) is 17.6 Å². The first-order chi connectivity index (χ1) is 11.6. The minimum absolute atomic E-state index is 0.267. The van der Waals surface area contributed by atoms with Crippen molar-refractivity contribution in [2.24, 2.45) is 0 Å². The molecular formula is C18H26BrNO5. The van der Waals surface area contributed by atoms with Crippen molar-refractivity contribution in [1.29, 1.82) is 0 Å². The SMILES string of the molecule is CCCOc1c(Br)cc(C(=O)OC(C)C(=O)NC(C)(C)C)cc1OC. The Kier molecular flexibility index (Phi) is 7.73. The number of hydrogen-bond donors (Lipinski definition) is 1. The van der Waals surface area contributed by atoms with Gasteiger partial charge in [-0.2, -0.15) is 0 Å². The van der Waals surface area contributed by atoms with Gasteiger partial charge < -0.3 is 19.5 Å². The maximum absolute atomic E-state index is 12.4. The topological polar surface area (TPSA) is 73.9 Å². The third-order valence-corrected chi connectivity index (χ3v) is 3.66. The van der Waals surface area contributed by atoms with Gasteiger partial charge in [0.2, 0.25) is 0 Å². The average molecular weight is 416 g/mol. The molecule has 0 bridgehead atoms. The molecule has 0 saturated heterocycles. The van der Waals surface area contributed by atoms with Crippen LogP contribution in [0.5, 0.6) is 11.5 Å². The van der Waals surface area contributed by atoms with Crippen molar-refractivity contribution in [1.82, 2.24) is 5.32 Å². The Morgan fingerprint density at radius 2 is 1.92 bits per heavy atom. The zero-order valence-corrected chi connectivity index (χ0v) is 17.2. The summed E-state index contributed by atoms with van der Waals surface area (Å²) in [5.74, 6) is -0.0200. The zero-order valence-electron chi connectivity index (χ0n) is 15.6. The number of methoxy groups -OCH3 is 1. The number of carbonyl (C=O) groups is 2. The Balaban J connectivity index is 2.91. The van der Waals surface area contributed by atoms with Crippen molar-refractivity contribution in [3.63, 3.8) is 0 Å². The fourth-order valence-corrected chi connectivity index (χ4v) is 2.49. The van der Waals surface area contributed by atoms with Crippen molar-refractivity contribution >= 4 is 27.8 Å². The van der Waals surface area contributed by atoms with Gasteiger partial charge in [0.05, 0.1) is 23.8 Å². The molecule has 0 aliphatic carbocycles. The molecule has 1 unspecified atom stereocenters. The van der Waals surface area contributed by atoms with Gasteiger partial charge in [-0.1, -0.05) is 6.92 Å². The van der Waals surface area contributed by atoms with Crippen LogP contribution in [0, 0.1) is 0 Å². The monoisotopic (exact) mass is 415 g/mol. The Morgan fingerprint density at radius 1 is 1.28 bits per heavy atom. The highest BCUT2D eigenvalue weighted by Crippen LogP contribution is 2.37. The minimum Gasteiger partial charge on any atom is -0.493 e. The predicted molar refractivity (Wildman–Crippen MR) is 99.3 cm³/mol. The molecule has 1 aromatic rings. The van der Waals surface area contributed by atoms with Crippen molar-refractivity contribution < 1.29 is 23.8 Å². The molecule has 1 rings (SSSR count). The summed E-state index contributed by atoms with van der Waals surface area (Å²) in [6.07, 6.45) is -0.0627. The van der Waals surface area contributed by atoms with E-state index in [2.05, 4.69) is 21.2 Å². The first kappa shape index (κ1) is 21.3. The molecule has 6 nitrogen and oxygen atoms in total. The molecular weight excluding hydrogens is 390 g/mol. The van der Waals surface area contributed by atoms with E-state index < -0.39 is 17.6 Å². The molecule has 0 aliphatic rings. The van der Waals surface area contributed by atoms with Gasteiger partial charge in [-0.15, -0.1) is 0 Å². The number of ether oxygens (including phenoxy) is 3. The molecule has 0 aromatic heterocycles. The number of hydrogen-bond acceptors (Lipinski definition) is 5. The second kappa shape index (κ2) is 9.08. The summed E-state index contributed by atoms with van der Waals surface area (Å²) < 4.78 is 16.8. The lowest BCUT2D eigenvalue weighted by Crippen LogP contribution is -2.46. The third-order valence-electron chi connectivity index (χ3n) is 3.07. The second-order valence-electron chi connectivity index (χ2n) is 6.62. The number of nitrogens with one attached hydrogen (secondary N) is 1. The number of esters is 1. The second-order valence-corrected chi connectivity index (χ2v) is 7.48. The molecule has 1 amide bonds. The molecule has 0 radical (unpaired) electrons. The Morgan fingerprint density at radius 3 is 2.44 bits per heavy atom. The fourth-order valence-electron chi connectivity index (χ4n) is 1.94. The molecule has 1 aromatic carbocycles. The van der Waals surface area contributed by atoms with Crippen LogP contribution in [-0.2, 0) is 9.53 Å². The molecule has 7 heteroatoms. The normalized spacial score (nSPS) is 12.3. The average Bonchev–Trinajstić information content (AvgIpc) is 2.51. The van der Waals surface area contributed by atoms with E-state index in [4.69, 9.17) is 14.2 Å². The van der Waals surface area contributed by atoms with Crippen molar-refractivity contribution in [3.8, 4) is 11.5 Å². The van der Waals surface area contributed by atoms with Crippen molar-refractivity contribution in [2.75, 3.05) is 13.7 Å². The number of amides is 1. The van der Waals surface area contributed by atoms with E-state index in [1.807, 2.05) is 27.7 Å². The summed E-state index contributed by atoms with van der Waals surface area (Å²) in [6, 6.07) is 3.12. The van der Waals surface area contributed by atoms with Crippen LogP contribution in [0.25, 0.3) is 0 Å². The van der Waals surface area contributed by atoms with Crippen LogP contribution in [0.3, 0.4) is 0 Å². The van der Waals surface area contributed by atoms with Gasteiger partial charge >= 0.3 is 5.97 Å². The Bertz CT molecular complexity index is 625. The van der Waals surface area contributed by atoms with E-state index in [0.717, 1.165) is 6.42 Å². The Labute approximate surface area is 157 Å². The lowest BCUT2D eigenvalue weighted by atomic mass is 10.1. The van der Waals surface area contributed by atoms with Crippen LogP contribution < -0.4 is 14.8 Å². The largest absolute Gasteiger partial charge is 0.493 e. The smallest absolute Gasteiger partial charge is 0.339 e. The van der Waals surface area contributed by atoms with Gasteiger partial charge in [0.1, 0.15) is 0 Å². The lowest BCUT2D eigenvalue weighted by Gasteiger charge is -2.23. The van der Waals surface area contributed by atoms with Gasteiger partial charge in [-0.3, -0.25) is 4.79 Å². The van der Waals surface area contributed by atoms with E-state index in [1.54, 1.807) is 6.07 Å². The van der Waals surface area contributed by atoms with E-state index in [-0.39, 0.29) is 11.5 Å². The minimum atomic E-state index is -0.910. The molecule has 0 heterocycles. The molecule has 1 atom stereocenters. The van der Waals surface area contributed by atoms with Gasteiger partial charge in [-0.05, 0) is 62.2 Å². The summed E-state index contributed by atoms with van der Waals surface area (Å²) in [6.45, 7) is 9.63. The standard InChI is InChI=1S/C18H26BrNO5/c1-7-8-24-15-13(19)9-12(10-14(15)23-6)17(22)25-11(2)16(21)20-18(3,4)5/h9-11H,7-8H2,1-6H3,(H,20,21). The zero-order chi connectivity index (χ0) is 19.2. The number of halogens is 1. The van der Waals surface area contributed by atoms with E-state index >= 15 is 0 Å². The van der Waals surface area contributed by atoms with E-state index in [0.29, 0.717) is 22.6 Å². The molecule has 140 valence electrons. The molecule has 0 spiro atoms. The summed E-state index contributed by atoms with van der Waals surface area (Å²) in [4.78, 5) is 24.4. The highest BCUT2D eigenvalue weighted by Gasteiger charge is 2.24. The van der Waals surface area contributed by atoms with Crippen LogP contribution in [0.2, 0.25) is 0 Å². The maximum atomic E-state index is 12.4. The molecule has 1 N–H and O–H groups in total. The first-order valence-corrected chi connectivity index (χ1v) is 8.91. The van der Waals surface area contributed by atoms with Crippen LogP contribution in [0.1, 0.15) is 51.4 Å². The van der Waals surface area contributed by atoms with E-state index in [1.165, 1.54) is 20.1 Å². The van der Waals surface area contributed by atoms with Crippen LogP contribution in [0.15, 0.2) is 16.6 Å². The first-order valence-electron chi connectivity index (χ1n) is 8.12.